The average Bonchev–Trinajstić information content (AvgIpc) is 2.56. The van der Waals surface area contributed by atoms with Gasteiger partial charge in [-0.05, 0) is 0 Å². The summed E-state index contributed by atoms with van der Waals surface area (Å²) in [6, 6.07) is 20.4. The van der Waals surface area contributed by atoms with Gasteiger partial charge < -0.3 is 0 Å². The van der Waals surface area contributed by atoms with E-state index >= 15 is 0 Å². The van der Waals surface area contributed by atoms with Crippen molar-refractivity contribution in [1.29, 1.82) is 0 Å². The Hall–Kier alpha value is -0.880. The molecule has 0 aliphatic carbocycles. The molecular formula is C18H21O3PTe. The summed E-state index contributed by atoms with van der Waals surface area (Å²) in [5, 5.41) is 0. The van der Waals surface area contributed by atoms with Crippen LogP contribution in [0.3, 0.4) is 0 Å². The predicted octanol–water partition coefficient (Wildman–Crippen LogP) is 4.28. The molecule has 0 atom stereocenters. The molecule has 0 aliphatic heterocycles. The Morgan fingerprint density at radius 1 is 0.957 bits per heavy atom. The molecule has 0 N–H and O–H groups in total. The first-order valence-electron chi connectivity index (χ1n) is 7.57. The Labute approximate surface area is 148 Å². The molecule has 0 aromatic heterocycles. The summed E-state index contributed by atoms with van der Waals surface area (Å²) in [6.07, 6.45) is 0. The van der Waals surface area contributed by atoms with Gasteiger partial charge in [0.2, 0.25) is 0 Å². The van der Waals surface area contributed by atoms with Crippen LogP contribution in [0.5, 0.6) is 0 Å². The van der Waals surface area contributed by atoms with Crippen molar-refractivity contribution in [2.45, 2.75) is 13.8 Å². The van der Waals surface area contributed by atoms with Crippen molar-refractivity contribution in [3.63, 3.8) is 0 Å². The fraction of sp³-hybridized carbons (Fsp3) is 0.222. The summed E-state index contributed by atoms with van der Waals surface area (Å²) in [5.74, 6) is 1.73. The van der Waals surface area contributed by atoms with Gasteiger partial charge >= 0.3 is 148 Å². The van der Waals surface area contributed by atoms with Gasteiger partial charge in [-0.1, -0.05) is 0 Å². The molecule has 23 heavy (non-hydrogen) atoms. The van der Waals surface area contributed by atoms with Crippen molar-refractivity contribution in [2.24, 2.45) is 0 Å². The molecule has 0 saturated carbocycles. The second-order valence-electron chi connectivity index (χ2n) is 4.65. The Bertz CT molecular complexity index is 661. The Balaban J connectivity index is 2.40. The Morgan fingerprint density at radius 3 is 2.00 bits per heavy atom. The van der Waals surface area contributed by atoms with E-state index in [4.69, 9.17) is 9.05 Å². The fourth-order valence-electron chi connectivity index (χ4n) is 1.99. The number of rotatable bonds is 8. The van der Waals surface area contributed by atoms with Gasteiger partial charge in [0.05, 0.1) is 0 Å². The van der Waals surface area contributed by atoms with E-state index < -0.39 is 28.5 Å². The van der Waals surface area contributed by atoms with Gasteiger partial charge in [0.1, 0.15) is 0 Å². The molecule has 0 heterocycles. The van der Waals surface area contributed by atoms with E-state index in [1.807, 2.05) is 62.4 Å². The molecule has 2 aromatic rings. The van der Waals surface area contributed by atoms with E-state index in [1.165, 1.54) is 3.61 Å². The summed E-state index contributed by atoms with van der Waals surface area (Å²) >= 11 is -0.687. The Kier molecular flexibility index (Phi) is 7.56. The number of hydrogen-bond donors (Lipinski definition) is 0. The fourth-order valence-corrected chi connectivity index (χ4v) is 7.27. The minimum atomic E-state index is -3.21. The molecule has 122 valence electrons. The molecule has 3 nitrogen and oxygen atoms in total. The van der Waals surface area contributed by atoms with Gasteiger partial charge in [0.15, 0.2) is 0 Å². The zero-order valence-electron chi connectivity index (χ0n) is 13.3. The second-order valence-corrected chi connectivity index (χ2v) is 9.69. The van der Waals surface area contributed by atoms with Crippen LogP contribution in [-0.2, 0) is 13.6 Å². The molecule has 0 fully saturated rings. The van der Waals surface area contributed by atoms with Gasteiger partial charge in [0.25, 0.3) is 0 Å². The third-order valence-electron chi connectivity index (χ3n) is 2.92. The van der Waals surface area contributed by atoms with Gasteiger partial charge in [-0.25, -0.2) is 0 Å². The van der Waals surface area contributed by atoms with E-state index in [-0.39, 0.29) is 0 Å². The van der Waals surface area contributed by atoms with Crippen molar-refractivity contribution in [3.05, 3.63) is 72.0 Å². The van der Waals surface area contributed by atoms with Crippen LogP contribution in [0.2, 0.25) is 0 Å². The van der Waals surface area contributed by atoms with E-state index in [0.29, 0.717) is 13.2 Å². The predicted molar refractivity (Wildman–Crippen MR) is 97.1 cm³/mol. The SMILES string of the molecule is CCOP(=O)(/C=C(\[Te]c1ccccc1)c1ccccc1)OCC. The molecule has 5 heteroatoms. The molecule has 0 bridgehead atoms. The van der Waals surface area contributed by atoms with Crippen molar-refractivity contribution in [1.82, 2.24) is 0 Å². The standard InChI is InChI=1S/C18H21O3PTe/c1-3-20-22(19,21-4-2)15-18(16-11-7-5-8-12-16)23-17-13-9-6-10-14-17/h5-15H,3-4H2,1-2H3/b18-15-. The van der Waals surface area contributed by atoms with Crippen LogP contribution in [0.1, 0.15) is 19.4 Å². The van der Waals surface area contributed by atoms with Gasteiger partial charge in [-0.2, -0.15) is 0 Å². The first kappa shape index (κ1) is 18.5. The third-order valence-corrected chi connectivity index (χ3v) is 8.36. The van der Waals surface area contributed by atoms with Crippen LogP contribution in [0.4, 0.5) is 0 Å². The minimum absolute atomic E-state index is 0.363. The molecule has 2 rings (SSSR count). The van der Waals surface area contributed by atoms with Crippen molar-refractivity contribution in [2.75, 3.05) is 13.2 Å². The number of benzene rings is 2. The van der Waals surface area contributed by atoms with E-state index in [9.17, 15) is 4.57 Å². The van der Waals surface area contributed by atoms with Crippen molar-refractivity contribution in [3.8, 4) is 0 Å². The normalized spacial score (nSPS) is 12.3. The van der Waals surface area contributed by atoms with Crippen LogP contribution in [-0.4, -0.2) is 34.1 Å². The number of hydrogen-bond acceptors (Lipinski definition) is 3. The van der Waals surface area contributed by atoms with Crippen LogP contribution in [0.15, 0.2) is 66.5 Å². The molecule has 2 aromatic carbocycles. The molecule has 0 saturated heterocycles. The van der Waals surface area contributed by atoms with Crippen LogP contribution < -0.4 is 3.61 Å². The summed E-state index contributed by atoms with van der Waals surface area (Å²) in [4.78, 5) is 0. The Morgan fingerprint density at radius 2 is 1.48 bits per heavy atom. The summed E-state index contributed by atoms with van der Waals surface area (Å²) in [5.41, 5.74) is 1.08. The first-order valence-corrected chi connectivity index (χ1v) is 11.5. The zero-order chi connectivity index (χ0) is 16.5. The van der Waals surface area contributed by atoms with E-state index in [2.05, 4.69) is 12.1 Å². The van der Waals surface area contributed by atoms with Gasteiger partial charge in [-0.3, -0.25) is 0 Å². The molecule has 0 unspecified atom stereocenters. The van der Waals surface area contributed by atoms with Gasteiger partial charge in [-0.15, -0.1) is 0 Å². The summed E-state index contributed by atoms with van der Waals surface area (Å²) in [6.45, 7) is 4.38. The topological polar surface area (TPSA) is 35.5 Å². The van der Waals surface area contributed by atoms with E-state index in [0.717, 1.165) is 9.18 Å². The second kappa shape index (κ2) is 9.42. The average molecular weight is 444 g/mol. The third kappa shape index (κ3) is 5.92. The monoisotopic (exact) mass is 446 g/mol. The molecule has 0 spiro atoms. The van der Waals surface area contributed by atoms with Crippen LogP contribution >= 0.6 is 7.60 Å². The molecular weight excluding hydrogens is 423 g/mol. The zero-order valence-corrected chi connectivity index (χ0v) is 16.6. The molecule has 0 radical (unpaired) electrons. The molecule has 0 aliphatic rings. The van der Waals surface area contributed by atoms with Crippen LogP contribution in [0.25, 0.3) is 3.62 Å². The molecule has 0 amide bonds. The first-order chi connectivity index (χ1) is 11.2. The van der Waals surface area contributed by atoms with Gasteiger partial charge in [0, 0.05) is 0 Å². The van der Waals surface area contributed by atoms with E-state index in [1.54, 1.807) is 5.82 Å². The quantitative estimate of drug-likeness (QED) is 0.451. The maximum atomic E-state index is 12.9. The summed E-state index contributed by atoms with van der Waals surface area (Å²) in [7, 11) is -3.21. The maximum absolute atomic E-state index is 12.9. The van der Waals surface area contributed by atoms with Crippen molar-refractivity contribution < 1.29 is 13.6 Å². The summed E-state index contributed by atoms with van der Waals surface area (Å²) < 4.78 is 26.1. The van der Waals surface area contributed by atoms with Crippen molar-refractivity contribution >= 4 is 35.8 Å². The van der Waals surface area contributed by atoms with Crippen LogP contribution in [0, 0.1) is 0 Å².